The summed E-state index contributed by atoms with van der Waals surface area (Å²) in [5, 5.41) is 0. The van der Waals surface area contributed by atoms with Crippen LogP contribution in [0.2, 0.25) is 0 Å². The largest absolute Gasteiger partial charge is 0.207 e. The molecule has 0 saturated carbocycles. The number of allylic oxidation sites excluding steroid dienone is 1. The third-order valence-corrected chi connectivity index (χ3v) is 4.58. The molecule has 1 unspecified atom stereocenters. The highest BCUT2D eigenvalue weighted by atomic mass is 19.1. The van der Waals surface area contributed by atoms with Crippen molar-refractivity contribution in [3.63, 3.8) is 0 Å². The molecular weight excluding hydrogens is 302 g/mol. The summed E-state index contributed by atoms with van der Waals surface area (Å²) in [7, 11) is 0. The molecule has 0 bridgehead atoms. The van der Waals surface area contributed by atoms with Crippen LogP contribution < -0.4 is 0 Å². The fraction of sp³-hybridized carbons (Fsp3) is 0.273. The maximum Gasteiger partial charge on any atom is 0.139 e. The molecule has 24 heavy (non-hydrogen) atoms. The highest BCUT2D eigenvalue weighted by Crippen LogP contribution is 2.30. The van der Waals surface area contributed by atoms with Gasteiger partial charge in [0, 0.05) is 5.56 Å². The van der Waals surface area contributed by atoms with Crippen LogP contribution in [0.15, 0.2) is 49.1 Å². The number of fused-ring (bicyclic) bond motifs is 1. The molecule has 0 fully saturated rings. The Bertz CT molecular complexity index is 791. The Morgan fingerprint density at radius 3 is 2.62 bits per heavy atom. The van der Waals surface area contributed by atoms with Gasteiger partial charge in [0.15, 0.2) is 0 Å². The van der Waals surface area contributed by atoms with Gasteiger partial charge in [-0.05, 0) is 85.5 Å². The van der Waals surface area contributed by atoms with Gasteiger partial charge in [0.1, 0.15) is 11.6 Å². The molecular formula is C22H20F2. The summed E-state index contributed by atoms with van der Waals surface area (Å²) in [6, 6.07) is 9.44. The molecule has 3 rings (SSSR count). The van der Waals surface area contributed by atoms with Gasteiger partial charge in [-0.15, -0.1) is 6.58 Å². The molecule has 1 atom stereocenters. The van der Waals surface area contributed by atoms with Crippen LogP contribution in [0, 0.1) is 29.4 Å². The molecule has 2 aromatic carbocycles. The zero-order chi connectivity index (χ0) is 16.9. The lowest BCUT2D eigenvalue weighted by molar-refractivity contribution is 0.429. The first kappa shape index (κ1) is 16.5. The van der Waals surface area contributed by atoms with Crippen molar-refractivity contribution in [2.24, 2.45) is 5.92 Å². The average molecular weight is 322 g/mol. The fourth-order valence-corrected chi connectivity index (χ4v) is 3.22. The van der Waals surface area contributed by atoms with E-state index in [0.717, 1.165) is 37.7 Å². The molecule has 1 aliphatic carbocycles. The van der Waals surface area contributed by atoms with E-state index >= 15 is 0 Å². The van der Waals surface area contributed by atoms with Gasteiger partial charge in [0.25, 0.3) is 0 Å². The topological polar surface area (TPSA) is 0 Å². The van der Waals surface area contributed by atoms with Crippen molar-refractivity contribution in [1.82, 2.24) is 0 Å². The SMILES string of the molecule is C=CCCC1CCc2cc(C#Cc3ccc(F)cc3)c(F)cc2C1. The number of halogens is 2. The minimum Gasteiger partial charge on any atom is -0.207 e. The van der Waals surface area contributed by atoms with Crippen LogP contribution in [-0.4, -0.2) is 0 Å². The molecule has 0 saturated heterocycles. The van der Waals surface area contributed by atoms with E-state index in [1.54, 1.807) is 18.2 Å². The summed E-state index contributed by atoms with van der Waals surface area (Å²) >= 11 is 0. The van der Waals surface area contributed by atoms with Gasteiger partial charge in [-0.2, -0.15) is 0 Å². The van der Waals surface area contributed by atoms with Gasteiger partial charge in [-0.1, -0.05) is 17.9 Å². The lowest BCUT2D eigenvalue weighted by Gasteiger charge is -2.24. The Morgan fingerprint density at radius 1 is 1.08 bits per heavy atom. The molecule has 0 spiro atoms. The summed E-state index contributed by atoms with van der Waals surface area (Å²) in [6.45, 7) is 3.77. The molecule has 2 aromatic rings. The predicted molar refractivity (Wildman–Crippen MR) is 93.7 cm³/mol. The minimum atomic E-state index is -0.300. The van der Waals surface area contributed by atoms with E-state index in [-0.39, 0.29) is 11.6 Å². The molecule has 1 aliphatic rings. The molecule has 0 amide bonds. The summed E-state index contributed by atoms with van der Waals surface area (Å²) in [4.78, 5) is 0. The van der Waals surface area contributed by atoms with E-state index in [1.165, 1.54) is 17.7 Å². The minimum absolute atomic E-state index is 0.271. The van der Waals surface area contributed by atoms with Crippen molar-refractivity contribution in [3.05, 3.63) is 82.9 Å². The van der Waals surface area contributed by atoms with E-state index in [9.17, 15) is 8.78 Å². The van der Waals surface area contributed by atoms with Crippen LogP contribution >= 0.6 is 0 Å². The Balaban J connectivity index is 1.80. The van der Waals surface area contributed by atoms with Gasteiger partial charge in [-0.25, -0.2) is 8.78 Å². The van der Waals surface area contributed by atoms with Crippen molar-refractivity contribution in [1.29, 1.82) is 0 Å². The first-order valence-corrected chi connectivity index (χ1v) is 8.35. The Morgan fingerprint density at radius 2 is 1.88 bits per heavy atom. The van der Waals surface area contributed by atoms with Gasteiger partial charge in [0.2, 0.25) is 0 Å². The normalized spacial score (nSPS) is 16.0. The number of rotatable bonds is 3. The Kier molecular flexibility index (Phi) is 5.11. The number of aryl methyl sites for hydroxylation is 1. The second-order valence-electron chi connectivity index (χ2n) is 6.33. The molecule has 0 radical (unpaired) electrons. The van der Waals surface area contributed by atoms with Gasteiger partial charge in [0.05, 0.1) is 5.56 Å². The second-order valence-corrected chi connectivity index (χ2v) is 6.33. The maximum atomic E-state index is 14.3. The van der Waals surface area contributed by atoms with E-state index in [4.69, 9.17) is 0 Å². The molecule has 0 aromatic heterocycles. The summed E-state index contributed by atoms with van der Waals surface area (Å²) in [5.74, 6) is 5.83. The first-order chi connectivity index (χ1) is 11.7. The van der Waals surface area contributed by atoms with Gasteiger partial charge >= 0.3 is 0 Å². The Labute approximate surface area is 142 Å². The second kappa shape index (κ2) is 7.45. The van der Waals surface area contributed by atoms with Crippen LogP contribution in [0.1, 0.15) is 41.5 Å². The molecule has 122 valence electrons. The summed E-state index contributed by atoms with van der Waals surface area (Å²) in [6.07, 6.45) is 7.14. The monoisotopic (exact) mass is 322 g/mol. The molecule has 0 nitrogen and oxygen atoms in total. The fourth-order valence-electron chi connectivity index (χ4n) is 3.22. The first-order valence-electron chi connectivity index (χ1n) is 8.35. The highest BCUT2D eigenvalue weighted by molar-refractivity contribution is 5.47. The average Bonchev–Trinajstić information content (AvgIpc) is 2.59. The van der Waals surface area contributed by atoms with Crippen LogP contribution in [0.4, 0.5) is 8.78 Å². The zero-order valence-corrected chi connectivity index (χ0v) is 13.6. The standard InChI is InChI=1S/C22H20F2/c1-2-3-4-17-6-9-18-14-19(22(24)15-20(18)13-17)10-5-16-7-11-21(23)12-8-16/h2,7-8,11-12,14-15,17H,1,3-4,6,9,13H2. The lowest BCUT2D eigenvalue weighted by atomic mass is 9.81. The number of hydrogen-bond acceptors (Lipinski definition) is 0. The molecule has 0 aliphatic heterocycles. The predicted octanol–water partition coefficient (Wildman–Crippen LogP) is 5.44. The van der Waals surface area contributed by atoms with E-state index in [2.05, 4.69) is 18.4 Å². The number of benzene rings is 2. The summed E-state index contributed by atoms with van der Waals surface area (Å²) < 4.78 is 27.2. The van der Waals surface area contributed by atoms with Crippen molar-refractivity contribution < 1.29 is 8.78 Å². The molecule has 0 N–H and O–H groups in total. The van der Waals surface area contributed by atoms with Crippen molar-refractivity contribution in [3.8, 4) is 11.8 Å². The van der Waals surface area contributed by atoms with E-state index in [0.29, 0.717) is 17.0 Å². The lowest BCUT2D eigenvalue weighted by Crippen LogP contribution is -2.15. The number of hydrogen-bond donors (Lipinski definition) is 0. The quantitative estimate of drug-likeness (QED) is 0.522. The van der Waals surface area contributed by atoms with Gasteiger partial charge < -0.3 is 0 Å². The third-order valence-electron chi connectivity index (χ3n) is 4.58. The highest BCUT2D eigenvalue weighted by Gasteiger charge is 2.19. The maximum absolute atomic E-state index is 14.3. The van der Waals surface area contributed by atoms with Gasteiger partial charge in [-0.3, -0.25) is 0 Å². The van der Waals surface area contributed by atoms with Crippen LogP contribution in [0.25, 0.3) is 0 Å². The smallest absolute Gasteiger partial charge is 0.139 e. The molecule has 2 heteroatoms. The Hall–Kier alpha value is -2.40. The van der Waals surface area contributed by atoms with E-state index in [1.807, 2.05) is 12.1 Å². The van der Waals surface area contributed by atoms with Crippen molar-refractivity contribution in [2.75, 3.05) is 0 Å². The van der Waals surface area contributed by atoms with Crippen LogP contribution in [0.3, 0.4) is 0 Å². The summed E-state index contributed by atoms with van der Waals surface area (Å²) in [5.41, 5.74) is 3.41. The molecule has 0 heterocycles. The third kappa shape index (κ3) is 3.92. The van der Waals surface area contributed by atoms with Crippen molar-refractivity contribution in [2.45, 2.75) is 32.1 Å². The van der Waals surface area contributed by atoms with Crippen LogP contribution in [0.5, 0.6) is 0 Å². The van der Waals surface area contributed by atoms with E-state index < -0.39 is 0 Å². The zero-order valence-electron chi connectivity index (χ0n) is 13.6. The van der Waals surface area contributed by atoms with Crippen molar-refractivity contribution >= 4 is 0 Å². The van der Waals surface area contributed by atoms with Crippen LogP contribution in [-0.2, 0) is 12.8 Å².